The quantitative estimate of drug-likeness (QED) is 0.476. The first-order valence-electron chi connectivity index (χ1n) is 6.71. The normalized spacial score (nSPS) is 12.3. The Balaban J connectivity index is 2.12. The maximum Gasteiger partial charge on any atom is 0.230 e. The van der Waals surface area contributed by atoms with Gasteiger partial charge in [-0.25, -0.2) is 5.10 Å². The molecule has 1 rings (SSSR count). The molecule has 0 fully saturated rings. The number of H-pyrrole nitrogens is 1. The fourth-order valence-corrected chi connectivity index (χ4v) is 2.34. The summed E-state index contributed by atoms with van der Waals surface area (Å²) >= 11 is 1.28. The second-order valence-corrected chi connectivity index (χ2v) is 5.55. The summed E-state index contributed by atoms with van der Waals surface area (Å²) in [4.78, 5) is 15.6. The van der Waals surface area contributed by atoms with Gasteiger partial charge in [0, 0.05) is 6.04 Å². The Bertz CT molecular complexity index is 382. The van der Waals surface area contributed by atoms with Crippen LogP contribution in [-0.2, 0) is 4.79 Å². The van der Waals surface area contributed by atoms with Crippen LogP contribution < -0.4 is 11.1 Å². The van der Waals surface area contributed by atoms with Gasteiger partial charge in [-0.05, 0) is 13.3 Å². The third-order valence-electron chi connectivity index (χ3n) is 2.71. The fourth-order valence-electron chi connectivity index (χ4n) is 1.72. The molecule has 4 N–H and O–H groups in total. The number of nitrogens with two attached hydrogens (primary N) is 1. The van der Waals surface area contributed by atoms with Crippen LogP contribution in [0.15, 0.2) is 5.16 Å². The molecule has 0 aliphatic rings. The van der Waals surface area contributed by atoms with E-state index in [-0.39, 0.29) is 17.9 Å². The summed E-state index contributed by atoms with van der Waals surface area (Å²) in [5.74, 6) is 0.597. The summed E-state index contributed by atoms with van der Waals surface area (Å²) < 4.78 is 0. The van der Waals surface area contributed by atoms with Crippen molar-refractivity contribution < 1.29 is 4.79 Å². The zero-order valence-corrected chi connectivity index (χ0v) is 12.4. The lowest BCUT2D eigenvalue weighted by Gasteiger charge is -2.13. The van der Waals surface area contributed by atoms with E-state index in [1.54, 1.807) is 0 Å². The summed E-state index contributed by atoms with van der Waals surface area (Å²) in [7, 11) is 0. The maximum atomic E-state index is 11.7. The average Bonchev–Trinajstić information content (AvgIpc) is 2.78. The summed E-state index contributed by atoms with van der Waals surface area (Å²) in [5.41, 5.74) is 5.40. The van der Waals surface area contributed by atoms with Gasteiger partial charge in [-0.2, -0.15) is 4.98 Å². The van der Waals surface area contributed by atoms with Gasteiger partial charge in [-0.1, -0.05) is 44.4 Å². The number of nitrogens with one attached hydrogen (secondary N) is 2. The van der Waals surface area contributed by atoms with Crippen molar-refractivity contribution in [1.82, 2.24) is 20.5 Å². The van der Waals surface area contributed by atoms with E-state index >= 15 is 0 Å². The van der Waals surface area contributed by atoms with Crippen LogP contribution in [0.4, 0.5) is 5.95 Å². The summed E-state index contributed by atoms with van der Waals surface area (Å²) in [5, 5.41) is 9.88. The molecule has 0 saturated carbocycles. The largest absolute Gasteiger partial charge is 0.368 e. The van der Waals surface area contributed by atoms with Gasteiger partial charge < -0.3 is 11.1 Å². The topological polar surface area (TPSA) is 96.7 Å². The highest BCUT2D eigenvalue weighted by atomic mass is 32.2. The Labute approximate surface area is 118 Å². The monoisotopic (exact) mass is 285 g/mol. The van der Waals surface area contributed by atoms with Crippen LogP contribution in [0.5, 0.6) is 0 Å². The molecular formula is C12H23N5OS. The van der Waals surface area contributed by atoms with Gasteiger partial charge in [-0.3, -0.25) is 4.79 Å². The van der Waals surface area contributed by atoms with E-state index in [2.05, 4.69) is 27.4 Å². The molecule has 0 spiro atoms. The highest BCUT2D eigenvalue weighted by molar-refractivity contribution is 7.99. The Morgan fingerprint density at radius 1 is 1.47 bits per heavy atom. The van der Waals surface area contributed by atoms with Crippen LogP contribution in [-0.4, -0.2) is 32.9 Å². The second-order valence-electron chi connectivity index (χ2n) is 4.61. The zero-order valence-electron chi connectivity index (χ0n) is 11.6. The molecule has 1 amide bonds. The molecule has 0 aliphatic heterocycles. The van der Waals surface area contributed by atoms with Gasteiger partial charge in [0.15, 0.2) is 0 Å². The maximum absolute atomic E-state index is 11.7. The van der Waals surface area contributed by atoms with Gasteiger partial charge in [0.2, 0.25) is 17.0 Å². The van der Waals surface area contributed by atoms with Crippen molar-refractivity contribution in [2.75, 3.05) is 11.5 Å². The van der Waals surface area contributed by atoms with Crippen LogP contribution in [0.25, 0.3) is 0 Å². The standard InChI is InChI=1S/C12H23N5OS/c1-3-4-5-6-7-9(2)14-10(18)8-19-12-15-11(13)16-17-12/h9H,3-8H2,1-2H3,(H,14,18)(H3,13,15,16,17)/t9-/m0/s1. The van der Waals surface area contributed by atoms with Gasteiger partial charge in [0.25, 0.3) is 0 Å². The first-order valence-corrected chi connectivity index (χ1v) is 7.70. The number of carbonyl (C=O) groups excluding carboxylic acids is 1. The number of hydrogen-bond acceptors (Lipinski definition) is 5. The van der Waals surface area contributed by atoms with Crippen molar-refractivity contribution in [2.45, 2.75) is 57.1 Å². The first-order chi connectivity index (χ1) is 9.11. The van der Waals surface area contributed by atoms with Gasteiger partial charge in [0.05, 0.1) is 5.75 Å². The van der Waals surface area contributed by atoms with Crippen LogP contribution in [0, 0.1) is 0 Å². The van der Waals surface area contributed by atoms with Crippen molar-refractivity contribution in [3.8, 4) is 0 Å². The molecule has 6 nitrogen and oxygen atoms in total. The Morgan fingerprint density at radius 3 is 2.89 bits per heavy atom. The van der Waals surface area contributed by atoms with Crippen molar-refractivity contribution in [3.05, 3.63) is 0 Å². The SMILES string of the molecule is CCCCCC[C@H](C)NC(=O)CSc1n[nH]c(N)n1. The van der Waals surface area contributed by atoms with E-state index in [4.69, 9.17) is 5.73 Å². The molecule has 19 heavy (non-hydrogen) atoms. The Kier molecular flexibility index (Phi) is 7.32. The number of aromatic nitrogens is 3. The highest BCUT2D eigenvalue weighted by Gasteiger charge is 2.09. The van der Waals surface area contributed by atoms with Crippen LogP contribution in [0.3, 0.4) is 0 Å². The summed E-state index contributed by atoms with van der Waals surface area (Å²) in [6.45, 7) is 4.23. The minimum Gasteiger partial charge on any atom is -0.368 e. The lowest BCUT2D eigenvalue weighted by atomic mass is 10.1. The molecule has 0 saturated heterocycles. The number of anilines is 1. The number of thioether (sulfide) groups is 1. The Hall–Kier alpha value is -1.24. The molecule has 108 valence electrons. The minimum absolute atomic E-state index is 0.0105. The highest BCUT2D eigenvalue weighted by Crippen LogP contribution is 2.12. The van der Waals surface area contributed by atoms with E-state index in [1.165, 1.54) is 37.4 Å². The molecule has 0 aliphatic carbocycles. The van der Waals surface area contributed by atoms with Gasteiger partial charge in [0.1, 0.15) is 0 Å². The van der Waals surface area contributed by atoms with E-state index in [1.807, 2.05) is 6.92 Å². The van der Waals surface area contributed by atoms with E-state index in [0.717, 1.165) is 6.42 Å². The molecule has 1 aromatic heterocycles. The van der Waals surface area contributed by atoms with Gasteiger partial charge >= 0.3 is 0 Å². The number of amides is 1. The van der Waals surface area contributed by atoms with Crippen LogP contribution in [0.2, 0.25) is 0 Å². The molecule has 1 aromatic rings. The Morgan fingerprint density at radius 2 is 2.26 bits per heavy atom. The summed E-state index contributed by atoms with van der Waals surface area (Å²) in [6.07, 6.45) is 5.94. The number of unbranched alkanes of at least 4 members (excludes halogenated alkanes) is 3. The average molecular weight is 285 g/mol. The number of carbonyl (C=O) groups is 1. The molecule has 0 bridgehead atoms. The molecule has 0 unspecified atom stereocenters. The number of nitrogens with zero attached hydrogens (tertiary/aromatic N) is 2. The van der Waals surface area contributed by atoms with Gasteiger partial charge in [-0.15, -0.1) is 5.10 Å². The number of hydrogen-bond donors (Lipinski definition) is 3. The van der Waals surface area contributed by atoms with Crippen molar-refractivity contribution in [2.24, 2.45) is 0 Å². The van der Waals surface area contributed by atoms with E-state index in [0.29, 0.717) is 10.9 Å². The number of nitrogen functional groups attached to an aromatic ring is 1. The molecule has 0 aromatic carbocycles. The fraction of sp³-hybridized carbons (Fsp3) is 0.750. The second kappa shape index (κ2) is 8.79. The number of rotatable bonds is 9. The van der Waals surface area contributed by atoms with E-state index in [9.17, 15) is 4.79 Å². The smallest absolute Gasteiger partial charge is 0.230 e. The number of aromatic amines is 1. The third-order valence-corrected chi connectivity index (χ3v) is 3.56. The van der Waals surface area contributed by atoms with Crippen molar-refractivity contribution >= 4 is 23.6 Å². The third kappa shape index (κ3) is 7.05. The first kappa shape index (κ1) is 15.8. The zero-order chi connectivity index (χ0) is 14.1. The molecule has 0 radical (unpaired) electrons. The summed E-state index contributed by atoms with van der Waals surface area (Å²) in [6, 6.07) is 0.224. The lowest BCUT2D eigenvalue weighted by Crippen LogP contribution is -2.33. The molecule has 1 heterocycles. The molecular weight excluding hydrogens is 262 g/mol. The van der Waals surface area contributed by atoms with Crippen LogP contribution >= 0.6 is 11.8 Å². The van der Waals surface area contributed by atoms with Crippen LogP contribution in [0.1, 0.15) is 46.0 Å². The van der Waals surface area contributed by atoms with Crippen molar-refractivity contribution in [1.29, 1.82) is 0 Å². The molecule has 7 heteroatoms. The predicted molar refractivity (Wildman–Crippen MR) is 77.9 cm³/mol. The molecule has 1 atom stereocenters. The lowest BCUT2D eigenvalue weighted by molar-refractivity contribution is -0.119. The minimum atomic E-state index is 0.0105. The van der Waals surface area contributed by atoms with E-state index < -0.39 is 0 Å². The van der Waals surface area contributed by atoms with Crippen molar-refractivity contribution in [3.63, 3.8) is 0 Å². The predicted octanol–water partition coefficient (Wildman–Crippen LogP) is 1.95.